The normalized spacial score (nSPS) is 20.4. The molecule has 0 aromatic heterocycles. The lowest BCUT2D eigenvalue weighted by Gasteiger charge is -2.25. The summed E-state index contributed by atoms with van der Waals surface area (Å²) in [4.78, 5) is 0. The summed E-state index contributed by atoms with van der Waals surface area (Å²) in [7, 11) is 0. The number of nitriles is 1. The van der Waals surface area contributed by atoms with E-state index in [1.54, 1.807) is 12.1 Å². The molecule has 1 aromatic rings. The lowest BCUT2D eigenvalue weighted by atomic mass is 10.0. The number of rotatable bonds is 1. The predicted molar refractivity (Wildman–Crippen MR) is 62.1 cm³/mol. The number of hydrogen-bond donors (Lipinski definition) is 2. The monoisotopic (exact) mass is 282 g/mol. The van der Waals surface area contributed by atoms with Crippen molar-refractivity contribution in [3.63, 3.8) is 0 Å². The average Bonchev–Trinajstić information content (AvgIpc) is 2.33. The van der Waals surface area contributed by atoms with Crippen molar-refractivity contribution < 1.29 is 9.84 Å². The third-order valence-electron chi connectivity index (χ3n) is 2.52. The van der Waals surface area contributed by atoms with Gasteiger partial charge in [0, 0.05) is 12.1 Å². The first-order chi connectivity index (χ1) is 7.72. The molecule has 0 aliphatic carbocycles. The van der Waals surface area contributed by atoms with Crippen LogP contribution in [0.5, 0.6) is 5.75 Å². The smallest absolute Gasteiger partial charge is 0.134 e. The number of hydrogen-bond acceptors (Lipinski definition) is 4. The zero-order chi connectivity index (χ0) is 11.5. The maximum Gasteiger partial charge on any atom is 0.134 e. The van der Waals surface area contributed by atoms with E-state index in [1.807, 2.05) is 0 Å². The SMILES string of the molecule is N#Cc1cc(Br)c(O)c([C@@H]2COCCN2)c1. The highest BCUT2D eigenvalue weighted by atomic mass is 79.9. The van der Waals surface area contributed by atoms with E-state index in [9.17, 15) is 5.11 Å². The number of aromatic hydroxyl groups is 1. The van der Waals surface area contributed by atoms with Crippen LogP contribution in [-0.4, -0.2) is 24.9 Å². The van der Waals surface area contributed by atoms with Gasteiger partial charge in [-0.1, -0.05) is 0 Å². The molecule has 0 amide bonds. The molecule has 1 heterocycles. The molecule has 1 saturated heterocycles. The van der Waals surface area contributed by atoms with E-state index in [2.05, 4.69) is 27.3 Å². The summed E-state index contributed by atoms with van der Waals surface area (Å²) in [6, 6.07) is 5.29. The number of nitrogens with zero attached hydrogens (tertiary/aromatic N) is 1. The van der Waals surface area contributed by atoms with Crippen molar-refractivity contribution in [2.45, 2.75) is 6.04 Å². The van der Waals surface area contributed by atoms with Crippen LogP contribution in [0.3, 0.4) is 0 Å². The highest BCUT2D eigenvalue weighted by Gasteiger charge is 2.20. The molecule has 0 unspecified atom stereocenters. The van der Waals surface area contributed by atoms with Crippen molar-refractivity contribution in [2.24, 2.45) is 0 Å². The van der Waals surface area contributed by atoms with Crippen LogP contribution < -0.4 is 5.32 Å². The first-order valence-electron chi connectivity index (χ1n) is 4.96. The molecule has 0 spiro atoms. The second kappa shape index (κ2) is 4.83. The number of morpholine rings is 1. The molecule has 1 fully saturated rings. The van der Waals surface area contributed by atoms with Crippen molar-refractivity contribution >= 4 is 15.9 Å². The van der Waals surface area contributed by atoms with Crippen LogP contribution in [0.2, 0.25) is 0 Å². The minimum Gasteiger partial charge on any atom is -0.506 e. The first kappa shape index (κ1) is 11.4. The van der Waals surface area contributed by atoms with Crippen LogP contribution in [0, 0.1) is 11.3 Å². The van der Waals surface area contributed by atoms with Crippen LogP contribution in [0.15, 0.2) is 16.6 Å². The Hall–Kier alpha value is -1.09. The molecule has 2 rings (SSSR count). The van der Waals surface area contributed by atoms with E-state index in [0.29, 0.717) is 28.8 Å². The standard InChI is InChI=1S/C11H11BrN2O2/c12-9-4-7(5-13)3-8(11(9)15)10-6-16-2-1-14-10/h3-4,10,14-15H,1-2,6H2/t10-/m0/s1. The average molecular weight is 283 g/mol. The maximum absolute atomic E-state index is 9.92. The predicted octanol–water partition coefficient (Wildman–Crippen LogP) is 1.69. The van der Waals surface area contributed by atoms with Gasteiger partial charge < -0.3 is 15.2 Å². The zero-order valence-electron chi connectivity index (χ0n) is 8.53. The van der Waals surface area contributed by atoms with Crippen LogP contribution >= 0.6 is 15.9 Å². The summed E-state index contributed by atoms with van der Waals surface area (Å²) in [5.74, 6) is 0.169. The van der Waals surface area contributed by atoms with E-state index < -0.39 is 0 Å². The van der Waals surface area contributed by atoms with Crippen molar-refractivity contribution in [1.29, 1.82) is 5.26 Å². The van der Waals surface area contributed by atoms with Crippen molar-refractivity contribution in [2.75, 3.05) is 19.8 Å². The number of benzene rings is 1. The Morgan fingerprint density at radius 1 is 1.56 bits per heavy atom. The minimum absolute atomic E-state index is 0.0571. The number of nitrogens with one attached hydrogen (secondary N) is 1. The van der Waals surface area contributed by atoms with Gasteiger partial charge in [0.15, 0.2) is 0 Å². The van der Waals surface area contributed by atoms with Gasteiger partial charge in [0.05, 0.1) is 35.4 Å². The summed E-state index contributed by atoms with van der Waals surface area (Å²) in [5, 5.41) is 22.0. The van der Waals surface area contributed by atoms with Gasteiger partial charge >= 0.3 is 0 Å². The fourth-order valence-corrected chi connectivity index (χ4v) is 2.19. The molecule has 1 aliphatic rings. The minimum atomic E-state index is -0.0571. The fourth-order valence-electron chi connectivity index (χ4n) is 1.72. The molecular weight excluding hydrogens is 272 g/mol. The Kier molecular flexibility index (Phi) is 3.44. The van der Waals surface area contributed by atoms with E-state index in [-0.39, 0.29) is 11.8 Å². The third-order valence-corrected chi connectivity index (χ3v) is 3.12. The molecular formula is C11H11BrN2O2. The maximum atomic E-state index is 9.92. The molecule has 4 nitrogen and oxygen atoms in total. The molecule has 16 heavy (non-hydrogen) atoms. The van der Waals surface area contributed by atoms with Crippen molar-refractivity contribution in [1.82, 2.24) is 5.32 Å². The van der Waals surface area contributed by atoms with Gasteiger partial charge in [0.25, 0.3) is 0 Å². The number of halogens is 1. The Bertz CT molecular complexity index is 436. The number of ether oxygens (including phenoxy) is 1. The lowest BCUT2D eigenvalue weighted by molar-refractivity contribution is 0.0760. The fraction of sp³-hybridized carbons (Fsp3) is 0.364. The van der Waals surface area contributed by atoms with Gasteiger partial charge in [-0.05, 0) is 28.1 Å². The van der Waals surface area contributed by atoms with Crippen LogP contribution in [0.4, 0.5) is 0 Å². The third kappa shape index (κ3) is 2.19. The summed E-state index contributed by atoms with van der Waals surface area (Å²) in [6.45, 7) is 1.93. The summed E-state index contributed by atoms with van der Waals surface area (Å²) in [6.07, 6.45) is 0. The van der Waals surface area contributed by atoms with E-state index >= 15 is 0 Å². The highest BCUT2D eigenvalue weighted by molar-refractivity contribution is 9.10. The van der Waals surface area contributed by atoms with E-state index in [0.717, 1.165) is 6.54 Å². The van der Waals surface area contributed by atoms with Crippen molar-refractivity contribution in [3.05, 3.63) is 27.7 Å². The summed E-state index contributed by atoms with van der Waals surface area (Å²) >= 11 is 3.23. The van der Waals surface area contributed by atoms with Gasteiger partial charge in [-0.15, -0.1) is 0 Å². The van der Waals surface area contributed by atoms with Gasteiger partial charge in [0.2, 0.25) is 0 Å². The summed E-state index contributed by atoms with van der Waals surface area (Å²) in [5.41, 5.74) is 1.22. The van der Waals surface area contributed by atoms with Gasteiger partial charge in [0.1, 0.15) is 5.75 Å². The topological polar surface area (TPSA) is 65.3 Å². The van der Waals surface area contributed by atoms with Gasteiger partial charge in [-0.2, -0.15) is 5.26 Å². The van der Waals surface area contributed by atoms with Crippen LogP contribution in [0.25, 0.3) is 0 Å². The van der Waals surface area contributed by atoms with Gasteiger partial charge in [-0.25, -0.2) is 0 Å². The molecule has 0 bridgehead atoms. The molecule has 1 aromatic carbocycles. The quantitative estimate of drug-likeness (QED) is 0.823. The molecule has 0 radical (unpaired) electrons. The molecule has 84 valence electrons. The Morgan fingerprint density at radius 2 is 2.38 bits per heavy atom. The Labute approximate surface area is 102 Å². The lowest BCUT2D eigenvalue weighted by Crippen LogP contribution is -2.34. The second-order valence-corrected chi connectivity index (χ2v) is 4.44. The molecule has 2 N–H and O–H groups in total. The van der Waals surface area contributed by atoms with E-state index in [1.165, 1.54) is 0 Å². The molecule has 1 aliphatic heterocycles. The zero-order valence-corrected chi connectivity index (χ0v) is 10.1. The molecule has 1 atom stereocenters. The van der Waals surface area contributed by atoms with Crippen LogP contribution in [0.1, 0.15) is 17.2 Å². The largest absolute Gasteiger partial charge is 0.506 e. The second-order valence-electron chi connectivity index (χ2n) is 3.59. The van der Waals surface area contributed by atoms with Crippen molar-refractivity contribution in [3.8, 4) is 11.8 Å². The highest BCUT2D eigenvalue weighted by Crippen LogP contribution is 2.33. The molecule has 5 heteroatoms. The summed E-state index contributed by atoms with van der Waals surface area (Å²) < 4.78 is 5.87. The van der Waals surface area contributed by atoms with Gasteiger partial charge in [-0.3, -0.25) is 0 Å². The molecule has 0 saturated carbocycles. The Balaban J connectivity index is 2.38. The number of phenols is 1. The first-order valence-corrected chi connectivity index (χ1v) is 5.75. The van der Waals surface area contributed by atoms with Crippen LogP contribution in [-0.2, 0) is 4.74 Å². The van der Waals surface area contributed by atoms with E-state index in [4.69, 9.17) is 10.00 Å². The Morgan fingerprint density at radius 3 is 3.00 bits per heavy atom. The number of phenolic OH excluding ortho intramolecular Hbond substituents is 1.